The highest BCUT2D eigenvalue weighted by Gasteiger charge is 2.22. The van der Waals surface area contributed by atoms with Crippen LogP contribution < -0.4 is 10.2 Å². The normalized spacial score (nSPS) is 14.0. The summed E-state index contributed by atoms with van der Waals surface area (Å²) in [6, 6.07) is 14.0. The molecule has 0 amide bonds. The first kappa shape index (κ1) is 18.0. The highest BCUT2D eigenvalue weighted by atomic mass is 19.1. The van der Waals surface area contributed by atoms with Gasteiger partial charge in [0.2, 0.25) is 0 Å². The lowest BCUT2D eigenvalue weighted by molar-refractivity contribution is 0.584. The summed E-state index contributed by atoms with van der Waals surface area (Å²) in [5.41, 5.74) is 2.51. The van der Waals surface area contributed by atoms with Crippen LogP contribution in [0.25, 0.3) is 22.5 Å². The molecular weight excluding hydrogens is 360 g/mol. The standard InChI is InChI=1S/C21H17F2N5/c22-16-5-1-14(2-6-16)19-20(15-3-7-17(23)8-4-15)27-21(18(13-24)26-19)28-11-9-25-10-12-28/h1-8,25H,9-12H2. The molecule has 1 fully saturated rings. The largest absolute Gasteiger partial charge is 0.352 e. The summed E-state index contributed by atoms with van der Waals surface area (Å²) in [6.07, 6.45) is 0. The van der Waals surface area contributed by atoms with Crippen LogP contribution in [0.4, 0.5) is 14.6 Å². The lowest BCUT2D eigenvalue weighted by Crippen LogP contribution is -2.44. The van der Waals surface area contributed by atoms with Gasteiger partial charge in [-0.3, -0.25) is 0 Å². The second kappa shape index (κ2) is 7.71. The number of nitriles is 1. The number of anilines is 1. The fourth-order valence-electron chi connectivity index (χ4n) is 3.22. The summed E-state index contributed by atoms with van der Waals surface area (Å²) >= 11 is 0. The molecule has 2 heterocycles. The van der Waals surface area contributed by atoms with E-state index in [4.69, 9.17) is 4.98 Å². The Morgan fingerprint density at radius 2 is 1.32 bits per heavy atom. The number of rotatable bonds is 3. The Bertz CT molecular complexity index is 1020. The van der Waals surface area contributed by atoms with E-state index in [0.29, 0.717) is 41.4 Å². The van der Waals surface area contributed by atoms with Gasteiger partial charge in [-0.2, -0.15) is 5.26 Å². The second-order valence-electron chi connectivity index (χ2n) is 6.46. The fourth-order valence-corrected chi connectivity index (χ4v) is 3.22. The van der Waals surface area contributed by atoms with Gasteiger partial charge in [0, 0.05) is 37.3 Å². The summed E-state index contributed by atoms with van der Waals surface area (Å²) in [7, 11) is 0. The molecule has 0 aliphatic carbocycles. The van der Waals surface area contributed by atoms with Crippen LogP contribution in [0.1, 0.15) is 5.69 Å². The third kappa shape index (κ3) is 3.55. The number of halogens is 2. The van der Waals surface area contributed by atoms with Crippen LogP contribution in [0.2, 0.25) is 0 Å². The highest BCUT2D eigenvalue weighted by molar-refractivity contribution is 5.80. The van der Waals surface area contributed by atoms with Crippen molar-refractivity contribution in [3.8, 4) is 28.6 Å². The van der Waals surface area contributed by atoms with E-state index < -0.39 is 0 Å². The van der Waals surface area contributed by atoms with Crippen LogP contribution >= 0.6 is 0 Å². The Morgan fingerprint density at radius 1 is 0.821 bits per heavy atom. The van der Waals surface area contributed by atoms with E-state index in [1.165, 1.54) is 24.3 Å². The van der Waals surface area contributed by atoms with E-state index in [9.17, 15) is 14.0 Å². The minimum Gasteiger partial charge on any atom is -0.352 e. The SMILES string of the molecule is N#Cc1nc(-c2ccc(F)cc2)c(-c2ccc(F)cc2)nc1N1CCNCC1. The number of nitrogens with one attached hydrogen (secondary N) is 1. The average Bonchev–Trinajstić information content (AvgIpc) is 2.75. The van der Waals surface area contributed by atoms with Gasteiger partial charge in [0.25, 0.3) is 0 Å². The van der Waals surface area contributed by atoms with Gasteiger partial charge < -0.3 is 10.2 Å². The van der Waals surface area contributed by atoms with E-state index in [2.05, 4.69) is 16.4 Å². The highest BCUT2D eigenvalue weighted by Crippen LogP contribution is 2.32. The molecule has 2 aromatic carbocycles. The molecular formula is C21H17F2N5. The van der Waals surface area contributed by atoms with Crippen LogP contribution in [0, 0.1) is 23.0 Å². The summed E-state index contributed by atoms with van der Waals surface area (Å²) in [4.78, 5) is 11.3. The molecule has 7 heteroatoms. The average molecular weight is 377 g/mol. The van der Waals surface area contributed by atoms with E-state index in [-0.39, 0.29) is 17.3 Å². The van der Waals surface area contributed by atoms with Crippen LogP contribution in [0.5, 0.6) is 0 Å². The Hall–Kier alpha value is -3.37. The van der Waals surface area contributed by atoms with Crippen LogP contribution in [0.3, 0.4) is 0 Å². The molecule has 0 spiro atoms. The number of benzene rings is 2. The minimum atomic E-state index is -0.363. The topological polar surface area (TPSA) is 64.8 Å². The van der Waals surface area contributed by atoms with E-state index >= 15 is 0 Å². The molecule has 0 atom stereocenters. The number of aromatic nitrogens is 2. The van der Waals surface area contributed by atoms with Gasteiger partial charge in [0.05, 0.1) is 11.4 Å². The van der Waals surface area contributed by atoms with Crippen LogP contribution in [0.15, 0.2) is 48.5 Å². The number of hydrogen-bond donors (Lipinski definition) is 1. The van der Waals surface area contributed by atoms with Gasteiger partial charge in [-0.05, 0) is 48.5 Å². The number of hydrogen-bond acceptors (Lipinski definition) is 5. The maximum atomic E-state index is 13.4. The monoisotopic (exact) mass is 377 g/mol. The lowest BCUT2D eigenvalue weighted by atomic mass is 10.0. The smallest absolute Gasteiger partial charge is 0.183 e. The van der Waals surface area contributed by atoms with Crippen molar-refractivity contribution >= 4 is 5.82 Å². The molecule has 1 aliphatic heterocycles. The first-order valence-electron chi connectivity index (χ1n) is 8.95. The van der Waals surface area contributed by atoms with Gasteiger partial charge in [-0.1, -0.05) is 0 Å². The van der Waals surface area contributed by atoms with Crippen molar-refractivity contribution in [2.24, 2.45) is 0 Å². The summed E-state index contributed by atoms with van der Waals surface area (Å²) in [5.74, 6) is -0.205. The van der Waals surface area contributed by atoms with Gasteiger partial charge in [-0.25, -0.2) is 18.7 Å². The van der Waals surface area contributed by atoms with Crippen molar-refractivity contribution in [2.75, 3.05) is 31.1 Å². The third-order valence-corrected chi connectivity index (χ3v) is 4.64. The van der Waals surface area contributed by atoms with Crippen molar-refractivity contribution in [2.45, 2.75) is 0 Å². The molecule has 1 saturated heterocycles. The molecule has 0 bridgehead atoms. The molecule has 3 aromatic rings. The van der Waals surface area contributed by atoms with E-state index in [1.54, 1.807) is 24.3 Å². The number of nitrogens with zero attached hydrogens (tertiary/aromatic N) is 4. The first-order valence-corrected chi connectivity index (χ1v) is 8.95. The van der Waals surface area contributed by atoms with Crippen molar-refractivity contribution in [1.29, 1.82) is 5.26 Å². The zero-order chi connectivity index (χ0) is 19.5. The molecule has 140 valence electrons. The van der Waals surface area contributed by atoms with Crippen molar-refractivity contribution in [3.05, 3.63) is 65.9 Å². The summed E-state index contributed by atoms with van der Waals surface area (Å²) < 4.78 is 26.8. The Balaban J connectivity index is 1.92. The zero-order valence-corrected chi connectivity index (χ0v) is 15.0. The number of piperazine rings is 1. The predicted molar refractivity (Wildman–Crippen MR) is 103 cm³/mol. The predicted octanol–water partition coefficient (Wildman–Crippen LogP) is 3.37. The van der Waals surface area contributed by atoms with Gasteiger partial charge in [0.1, 0.15) is 17.7 Å². The lowest BCUT2D eigenvalue weighted by Gasteiger charge is -2.29. The summed E-state index contributed by atoms with van der Waals surface area (Å²) in [6.45, 7) is 3.00. The van der Waals surface area contributed by atoms with E-state index in [0.717, 1.165) is 13.1 Å². The van der Waals surface area contributed by atoms with Crippen molar-refractivity contribution < 1.29 is 8.78 Å². The molecule has 0 unspecified atom stereocenters. The molecule has 0 saturated carbocycles. The molecule has 1 N–H and O–H groups in total. The maximum absolute atomic E-state index is 13.4. The maximum Gasteiger partial charge on any atom is 0.183 e. The summed E-state index contributed by atoms with van der Waals surface area (Å²) in [5, 5.41) is 12.9. The minimum absolute atomic E-state index is 0.215. The van der Waals surface area contributed by atoms with Gasteiger partial charge in [-0.15, -0.1) is 0 Å². The molecule has 0 radical (unpaired) electrons. The first-order chi connectivity index (χ1) is 13.7. The molecule has 28 heavy (non-hydrogen) atoms. The second-order valence-corrected chi connectivity index (χ2v) is 6.46. The van der Waals surface area contributed by atoms with Crippen molar-refractivity contribution in [3.63, 3.8) is 0 Å². The van der Waals surface area contributed by atoms with Crippen LogP contribution in [-0.4, -0.2) is 36.1 Å². The van der Waals surface area contributed by atoms with Gasteiger partial charge >= 0.3 is 0 Å². The van der Waals surface area contributed by atoms with Crippen molar-refractivity contribution in [1.82, 2.24) is 15.3 Å². The Labute approximate surface area is 161 Å². The Kier molecular flexibility index (Phi) is 4.96. The molecule has 4 rings (SSSR count). The Morgan fingerprint density at radius 3 is 1.82 bits per heavy atom. The molecule has 1 aliphatic rings. The fraction of sp³-hybridized carbons (Fsp3) is 0.190. The van der Waals surface area contributed by atoms with E-state index in [1.807, 2.05) is 4.90 Å². The van der Waals surface area contributed by atoms with Gasteiger partial charge in [0.15, 0.2) is 11.5 Å². The zero-order valence-electron chi connectivity index (χ0n) is 15.0. The van der Waals surface area contributed by atoms with Crippen LogP contribution in [-0.2, 0) is 0 Å². The quantitative estimate of drug-likeness (QED) is 0.758. The third-order valence-electron chi connectivity index (χ3n) is 4.64. The molecule has 5 nitrogen and oxygen atoms in total. The molecule has 1 aromatic heterocycles.